The summed E-state index contributed by atoms with van der Waals surface area (Å²) in [5, 5.41) is 0.314. The van der Waals surface area contributed by atoms with E-state index in [1.54, 1.807) is 31.2 Å². The third-order valence-electron chi connectivity index (χ3n) is 6.71. The highest BCUT2D eigenvalue weighted by Gasteiger charge is 2.45. The van der Waals surface area contributed by atoms with Crippen molar-refractivity contribution in [2.24, 2.45) is 4.99 Å². The number of hydrogen-bond acceptors (Lipinski definition) is 7. The lowest BCUT2D eigenvalue weighted by Crippen LogP contribution is -2.41. The quantitative estimate of drug-likeness (QED) is 0.138. The normalized spacial score (nSPS) is 15.0. The van der Waals surface area contributed by atoms with Gasteiger partial charge in [-0.1, -0.05) is 47.2 Å². The van der Waals surface area contributed by atoms with E-state index in [0.717, 1.165) is 21.5 Å². The number of nitrogens with zero attached hydrogens (tertiary/aromatic N) is 2. The van der Waals surface area contributed by atoms with Crippen LogP contribution < -0.4 is 24.4 Å². The maximum atomic E-state index is 14.4. The standard InChI is InChI=1S/C32H24BrClF4N2O5S/c1-3-43-23-14-18(13-22(33)27(23)45-16-17-5-11-21(35)12-6-17)15-24-29(41)40-26(19-7-9-20(34)10-8-19)25(30(42)44-4-2)28(32(36,37)38)39-31(40)46-24/h5-15,26H,3-4,16H2,1-2H3/b24-15-/t26-/m1/s1. The van der Waals surface area contributed by atoms with Crippen LogP contribution in [0.15, 0.2) is 86.2 Å². The summed E-state index contributed by atoms with van der Waals surface area (Å²) < 4.78 is 74.7. The molecule has 0 spiro atoms. The lowest BCUT2D eigenvalue weighted by atomic mass is 9.95. The van der Waals surface area contributed by atoms with Crippen molar-refractivity contribution in [1.82, 2.24) is 4.57 Å². The predicted octanol–water partition coefficient (Wildman–Crippen LogP) is 6.87. The van der Waals surface area contributed by atoms with E-state index < -0.39 is 35.0 Å². The SMILES string of the molecule is CCOC(=O)C1=C(C(F)(F)F)N=c2s/c(=C\c3cc(Br)c(OCc4ccc(F)cc4)c(OCC)c3)c(=O)n2[C@@H]1c1ccc(Cl)cc1. The van der Waals surface area contributed by atoms with Crippen LogP contribution in [0.4, 0.5) is 17.6 Å². The van der Waals surface area contributed by atoms with E-state index in [1.807, 2.05) is 0 Å². The first-order valence-electron chi connectivity index (χ1n) is 13.8. The van der Waals surface area contributed by atoms with E-state index in [-0.39, 0.29) is 40.5 Å². The molecule has 4 aromatic rings. The molecule has 46 heavy (non-hydrogen) atoms. The molecule has 0 saturated heterocycles. The van der Waals surface area contributed by atoms with Crippen molar-refractivity contribution in [3.63, 3.8) is 0 Å². The number of hydrogen-bond donors (Lipinski definition) is 0. The Morgan fingerprint density at radius 1 is 1.07 bits per heavy atom. The molecule has 0 aliphatic carbocycles. The number of alkyl halides is 3. The van der Waals surface area contributed by atoms with E-state index in [9.17, 15) is 27.2 Å². The molecule has 1 aliphatic heterocycles. The molecule has 0 N–H and O–H groups in total. The van der Waals surface area contributed by atoms with Crippen molar-refractivity contribution in [3.05, 3.63) is 124 Å². The largest absolute Gasteiger partial charge is 0.490 e. The molecule has 1 aliphatic rings. The molecule has 0 unspecified atom stereocenters. The molecule has 1 aromatic heterocycles. The number of thiazole rings is 1. The smallest absolute Gasteiger partial charge is 0.434 e. The minimum atomic E-state index is -5.02. The zero-order chi connectivity index (χ0) is 33.2. The van der Waals surface area contributed by atoms with Gasteiger partial charge < -0.3 is 14.2 Å². The van der Waals surface area contributed by atoms with Gasteiger partial charge in [-0.2, -0.15) is 13.2 Å². The Bertz CT molecular complexity index is 1990. The summed E-state index contributed by atoms with van der Waals surface area (Å²) >= 11 is 10.3. The third-order valence-corrected chi connectivity index (χ3v) is 8.53. The Labute approximate surface area is 277 Å². The van der Waals surface area contributed by atoms with Crippen molar-refractivity contribution in [1.29, 1.82) is 0 Å². The number of esters is 1. The second-order valence-electron chi connectivity index (χ2n) is 9.79. The van der Waals surface area contributed by atoms with Crippen LogP contribution in [0.5, 0.6) is 11.5 Å². The predicted molar refractivity (Wildman–Crippen MR) is 168 cm³/mol. The number of halogens is 6. The molecule has 0 amide bonds. The number of carbonyl (C=O) groups is 1. The highest BCUT2D eigenvalue weighted by atomic mass is 79.9. The zero-order valence-electron chi connectivity index (χ0n) is 24.2. The summed E-state index contributed by atoms with van der Waals surface area (Å²) in [6, 6.07) is 13.4. The molecule has 3 aromatic carbocycles. The van der Waals surface area contributed by atoms with Crippen LogP contribution in [-0.2, 0) is 16.1 Å². The number of rotatable bonds is 9. The van der Waals surface area contributed by atoms with Gasteiger partial charge in [0.2, 0.25) is 0 Å². The molecular weight excluding hydrogens is 716 g/mol. The highest BCUT2D eigenvalue weighted by molar-refractivity contribution is 9.10. The summed E-state index contributed by atoms with van der Waals surface area (Å²) in [4.78, 5) is 30.4. The molecule has 14 heteroatoms. The minimum Gasteiger partial charge on any atom is -0.490 e. The maximum Gasteiger partial charge on any atom is 0.434 e. The number of ether oxygens (including phenoxy) is 3. The molecule has 5 rings (SSSR count). The van der Waals surface area contributed by atoms with Gasteiger partial charge in [-0.3, -0.25) is 9.36 Å². The number of benzene rings is 3. The lowest BCUT2D eigenvalue weighted by Gasteiger charge is -2.26. The van der Waals surface area contributed by atoms with E-state index in [0.29, 0.717) is 26.6 Å². The summed E-state index contributed by atoms with van der Waals surface area (Å²) in [6.45, 7) is 3.45. The Kier molecular flexibility index (Phi) is 10.0. The van der Waals surface area contributed by atoms with E-state index >= 15 is 0 Å². The minimum absolute atomic E-state index is 0.0543. The van der Waals surface area contributed by atoms with Crippen molar-refractivity contribution >= 4 is 50.9 Å². The van der Waals surface area contributed by atoms with Gasteiger partial charge in [-0.25, -0.2) is 14.2 Å². The number of aromatic nitrogens is 1. The second kappa shape index (κ2) is 13.8. The van der Waals surface area contributed by atoms with Gasteiger partial charge in [-0.15, -0.1) is 0 Å². The Balaban J connectivity index is 1.64. The molecule has 2 heterocycles. The van der Waals surface area contributed by atoms with Crippen molar-refractivity contribution in [2.45, 2.75) is 32.7 Å². The van der Waals surface area contributed by atoms with Crippen LogP contribution in [0.25, 0.3) is 6.08 Å². The van der Waals surface area contributed by atoms with Crippen LogP contribution >= 0.6 is 38.9 Å². The molecule has 240 valence electrons. The van der Waals surface area contributed by atoms with Gasteiger partial charge in [0.15, 0.2) is 22.0 Å². The lowest BCUT2D eigenvalue weighted by molar-refractivity contribution is -0.140. The Morgan fingerprint density at radius 2 is 1.76 bits per heavy atom. The summed E-state index contributed by atoms with van der Waals surface area (Å²) in [5.74, 6) is -0.919. The first kappa shape index (κ1) is 33.4. The van der Waals surface area contributed by atoms with Gasteiger partial charge in [0.25, 0.3) is 5.56 Å². The first-order valence-corrected chi connectivity index (χ1v) is 15.8. The van der Waals surface area contributed by atoms with Gasteiger partial charge >= 0.3 is 12.1 Å². The average molecular weight is 740 g/mol. The molecule has 7 nitrogen and oxygen atoms in total. The fraction of sp³-hybridized carbons (Fsp3) is 0.219. The van der Waals surface area contributed by atoms with E-state index in [4.69, 9.17) is 25.8 Å². The average Bonchev–Trinajstić information content (AvgIpc) is 3.31. The van der Waals surface area contributed by atoms with Gasteiger partial charge in [0.05, 0.1) is 33.8 Å². The van der Waals surface area contributed by atoms with E-state index in [2.05, 4.69) is 20.9 Å². The second-order valence-corrected chi connectivity index (χ2v) is 12.1. The number of fused-ring (bicyclic) bond motifs is 1. The molecule has 0 bridgehead atoms. The topological polar surface area (TPSA) is 79.1 Å². The number of allylic oxidation sites excluding steroid dienone is 1. The summed E-state index contributed by atoms with van der Waals surface area (Å²) in [7, 11) is 0. The van der Waals surface area contributed by atoms with Crippen LogP contribution in [0.2, 0.25) is 5.02 Å². The third kappa shape index (κ3) is 7.06. The Morgan fingerprint density at radius 3 is 2.39 bits per heavy atom. The van der Waals surface area contributed by atoms with Crippen LogP contribution in [-0.4, -0.2) is 29.9 Å². The monoisotopic (exact) mass is 738 g/mol. The summed E-state index contributed by atoms with van der Waals surface area (Å²) in [6.07, 6.45) is -3.54. The van der Waals surface area contributed by atoms with Gasteiger partial charge in [0.1, 0.15) is 12.4 Å². The van der Waals surface area contributed by atoms with Crippen molar-refractivity contribution < 1.29 is 36.6 Å². The number of carbonyl (C=O) groups excluding carboxylic acids is 1. The van der Waals surface area contributed by atoms with Gasteiger partial charge in [-0.05, 0) is 88.9 Å². The van der Waals surface area contributed by atoms with Crippen molar-refractivity contribution in [3.8, 4) is 11.5 Å². The molecular formula is C32H24BrClF4N2O5S. The molecule has 1 atom stereocenters. The molecule has 0 saturated carbocycles. The zero-order valence-corrected chi connectivity index (χ0v) is 27.3. The highest BCUT2D eigenvalue weighted by Crippen LogP contribution is 2.39. The fourth-order valence-electron chi connectivity index (χ4n) is 4.76. The van der Waals surface area contributed by atoms with Crippen LogP contribution in [0.1, 0.15) is 36.6 Å². The molecule has 0 fully saturated rings. The van der Waals surface area contributed by atoms with E-state index in [1.165, 1.54) is 49.4 Å². The molecule has 0 radical (unpaired) electrons. The maximum absolute atomic E-state index is 14.4. The van der Waals surface area contributed by atoms with Gasteiger partial charge in [0, 0.05) is 5.02 Å². The van der Waals surface area contributed by atoms with Crippen LogP contribution in [0.3, 0.4) is 0 Å². The Hall–Kier alpha value is -3.94. The van der Waals surface area contributed by atoms with Crippen LogP contribution in [0, 0.1) is 5.82 Å². The fourth-order valence-corrected chi connectivity index (χ4v) is 6.46. The summed E-state index contributed by atoms with van der Waals surface area (Å²) in [5.41, 5.74) is -1.52. The first-order chi connectivity index (χ1) is 21.9. The van der Waals surface area contributed by atoms with Crippen molar-refractivity contribution in [2.75, 3.05) is 13.2 Å².